The van der Waals surface area contributed by atoms with Crippen molar-refractivity contribution in [2.45, 2.75) is 19.8 Å². The second-order valence-electron chi connectivity index (χ2n) is 5.14. The van der Waals surface area contributed by atoms with Gasteiger partial charge in [0.05, 0.1) is 13.0 Å². The average molecular weight is 318 g/mol. The van der Waals surface area contributed by atoms with E-state index in [0.717, 1.165) is 28.3 Å². The van der Waals surface area contributed by atoms with E-state index in [-0.39, 0.29) is 5.91 Å². The number of nitrogens with one attached hydrogen (secondary N) is 1. The molecule has 0 aliphatic heterocycles. The Balaban J connectivity index is 1.62. The fraction of sp³-hybridized carbons (Fsp3) is 0.278. The number of carbonyl (C=O) groups excluding carboxylic acids is 1. The molecule has 1 amide bonds. The highest BCUT2D eigenvalue weighted by atomic mass is 35.5. The van der Waals surface area contributed by atoms with Gasteiger partial charge in [0, 0.05) is 11.6 Å². The highest BCUT2D eigenvalue weighted by Gasteiger charge is 2.02. The van der Waals surface area contributed by atoms with Gasteiger partial charge in [-0.15, -0.1) is 0 Å². The molecule has 0 saturated carbocycles. The third-order valence-corrected chi connectivity index (χ3v) is 3.49. The van der Waals surface area contributed by atoms with Crippen LogP contribution in [0.4, 0.5) is 0 Å². The number of hydrogen-bond donors (Lipinski definition) is 1. The Morgan fingerprint density at radius 2 is 1.95 bits per heavy atom. The summed E-state index contributed by atoms with van der Waals surface area (Å²) in [4.78, 5) is 11.7. The van der Waals surface area contributed by atoms with Crippen molar-refractivity contribution in [3.05, 3.63) is 64.7 Å². The van der Waals surface area contributed by atoms with E-state index in [1.165, 1.54) is 0 Å². The van der Waals surface area contributed by atoms with Crippen LogP contribution in [-0.4, -0.2) is 19.1 Å². The molecule has 0 atom stereocenters. The van der Waals surface area contributed by atoms with Gasteiger partial charge in [0.2, 0.25) is 5.91 Å². The maximum absolute atomic E-state index is 11.7. The van der Waals surface area contributed by atoms with Crippen molar-refractivity contribution in [3.8, 4) is 5.75 Å². The number of carbonyl (C=O) groups is 1. The molecule has 2 aromatic rings. The quantitative estimate of drug-likeness (QED) is 0.844. The number of amides is 1. The zero-order chi connectivity index (χ0) is 15.8. The Bertz CT molecular complexity index is 611. The van der Waals surface area contributed by atoms with Crippen molar-refractivity contribution in [2.24, 2.45) is 0 Å². The van der Waals surface area contributed by atoms with Crippen LogP contribution in [-0.2, 0) is 11.2 Å². The van der Waals surface area contributed by atoms with Crippen LogP contribution < -0.4 is 10.1 Å². The van der Waals surface area contributed by atoms with Gasteiger partial charge in [-0.1, -0.05) is 35.9 Å². The van der Waals surface area contributed by atoms with Gasteiger partial charge in [0.15, 0.2) is 0 Å². The summed E-state index contributed by atoms with van der Waals surface area (Å²) in [5, 5.41) is 3.61. The Morgan fingerprint density at radius 1 is 1.18 bits per heavy atom. The summed E-state index contributed by atoms with van der Waals surface area (Å²) < 4.78 is 5.56. The Morgan fingerprint density at radius 3 is 2.68 bits per heavy atom. The van der Waals surface area contributed by atoms with Gasteiger partial charge in [-0.25, -0.2) is 0 Å². The van der Waals surface area contributed by atoms with Crippen molar-refractivity contribution >= 4 is 17.5 Å². The lowest BCUT2D eigenvalue weighted by Gasteiger charge is -2.08. The number of benzene rings is 2. The number of rotatable bonds is 7. The van der Waals surface area contributed by atoms with E-state index in [2.05, 4.69) is 5.32 Å². The normalized spacial score (nSPS) is 10.3. The summed E-state index contributed by atoms with van der Waals surface area (Å²) in [5.41, 5.74) is 2.30. The number of aryl methyl sites for hydroxylation is 1. The van der Waals surface area contributed by atoms with Crippen LogP contribution in [0, 0.1) is 6.92 Å². The van der Waals surface area contributed by atoms with Gasteiger partial charge in [0.25, 0.3) is 0 Å². The van der Waals surface area contributed by atoms with E-state index in [1.54, 1.807) is 0 Å². The number of halogens is 1. The fourth-order valence-electron chi connectivity index (χ4n) is 2.05. The van der Waals surface area contributed by atoms with E-state index < -0.39 is 0 Å². The summed E-state index contributed by atoms with van der Waals surface area (Å²) in [7, 11) is 0. The molecule has 0 saturated heterocycles. The molecule has 2 aromatic carbocycles. The van der Waals surface area contributed by atoms with Crippen LogP contribution in [0.25, 0.3) is 0 Å². The molecular weight excluding hydrogens is 298 g/mol. The van der Waals surface area contributed by atoms with Crippen LogP contribution in [0.2, 0.25) is 5.02 Å². The minimum absolute atomic E-state index is 0.00150. The molecule has 0 aliphatic carbocycles. The molecule has 0 aliphatic rings. The second kappa shape index (κ2) is 8.44. The maximum atomic E-state index is 11.7. The predicted octanol–water partition coefficient (Wildman–Crippen LogP) is 3.78. The van der Waals surface area contributed by atoms with E-state index in [9.17, 15) is 4.79 Å². The Labute approximate surface area is 136 Å². The average Bonchev–Trinajstić information content (AvgIpc) is 2.49. The van der Waals surface area contributed by atoms with Gasteiger partial charge in [-0.05, 0) is 48.7 Å². The number of ether oxygens (including phenoxy) is 1. The fourth-order valence-corrected chi connectivity index (χ4v) is 2.18. The van der Waals surface area contributed by atoms with Crippen molar-refractivity contribution in [3.63, 3.8) is 0 Å². The molecule has 22 heavy (non-hydrogen) atoms. The maximum Gasteiger partial charge on any atom is 0.223 e. The molecule has 0 heterocycles. The summed E-state index contributed by atoms with van der Waals surface area (Å²) in [5.74, 6) is 0.801. The molecule has 4 heteroatoms. The first kappa shape index (κ1) is 16.4. The lowest BCUT2D eigenvalue weighted by atomic mass is 10.1. The summed E-state index contributed by atoms with van der Waals surface area (Å²) in [6.45, 7) is 3.01. The van der Waals surface area contributed by atoms with E-state index in [4.69, 9.17) is 16.3 Å². The van der Waals surface area contributed by atoms with Crippen LogP contribution in [0.3, 0.4) is 0 Å². The molecule has 116 valence electrons. The molecule has 0 radical (unpaired) electrons. The van der Waals surface area contributed by atoms with Gasteiger partial charge >= 0.3 is 0 Å². The topological polar surface area (TPSA) is 38.3 Å². The summed E-state index contributed by atoms with van der Waals surface area (Å²) in [6.07, 6.45) is 1.15. The Hall–Kier alpha value is -2.00. The van der Waals surface area contributed by atoms with Crippen LogP contribution >= 0.6 is 11.6 Å². The highest BCUT2D eigenvalue weighted by molar-refractivity contribution is 6.30. The zero-order valence-corrected chi connectivity index (χ0v) is 13.4. The second-order valence-corrected chi connectivity index (χ2v) is 5.58. The smallest absolute Gasteiger partial charge is 0.223 e. The third kappa shape index (κ3) is 5.78. The first-order chi connectivity index (χ1) is 10.6. The van der Waals surface area contributed by atoms with Gasteiger partial charge in [0.1, 0.15) is 5.75 Å². The number of hydrogen-bond acceptors (Lipinski definition) is 2. The SMILES string of the molecule is Cc1cccc(OCCC(=O)NCCc2ccc(Cl)cc2)c1. The summed E-state index contributed by atoms with van der Waals surface area (Å²) in [6, 6.07) is 15.4. The van der Waals surface area contributed by atoms with E-state index in [1.807, 2.05) is 55.5 Å². The molecule has 0 aromatic heterocycles. The standard InChI is InChI=1S/C18H20ClNO2/c1-14-3-2-4-17(13-14)22-12-10-18(21)20-11-9-15-5-7-16(19)8-6-15/h2-8,13H,9-12H2,1H3,(H,20,21). The molecule has 3 nitrogen and oxygen atoms in total. The minimum atomic E-state index is 0.00150. The van der Waals surface area contributed by atoms with Crippen molar-refractivity contribution in [1.82, 2.24) is 5.32 Å². The molecular formula is C18H20ClNO2. The lowest BCUT2D eigenvalue weighted by Crippen LogP contribution is -2.27. The molecule has 0 unspecified atom stereocenters. The molecule has 0 bridgehead atoms. The molecule has 0 spiro atoms. The van der Waals surface area contributed by atoms with Crippen LogP contribution in [0.5, 0.6) is 5.75 Å². The van der Waals surface area contributed by atoms with Crippen LogP contribution in [0.15, 0.2) is 48.5 Å². The van der Waals surface area contributed by atoms with Gasteiger partial charge < -0.3 is 10.1 Å². The van der Waals surface area contributed by atoms with E-state index >= 15 is 0 Å². The third-order valence-electron chi connectivity index (χ3n) is 3.24. The lowest BCUT2D eigenvalue weighted by molar-refractivity contribution is -0.121. The zero-order valence-electron chi connectivity index (χ0n) is 12.6. The van der Waals surface area contributed by atoms with E-state index in [0.29, 0.717) is 19.6 Å². The van der Waals surface area contributed by atoms with Crippen molar-refractivity contribution in [2.75, 3.05) is 13.2 Å². The summed E-state index contributed by atoms with van der Waals surface area (Å²) >= 11 is 5.83. The van der Waals surface area contributed by atoms with Crippen molar-refractivity contribution < 1.29 is 9.53 Å². The van der Waals surface area contributed by atoms with Gasteiger partial charge in [-0.2, -0.15) is 0 Å². The highest BCUT2D eigenvalue weighted by Crippen LogP contribution is 2.12. The molecule has 2 rings (SSSR count). The van der Waals surface area contributed by atoms with Gasteiger partial charge in [-0.3, -0.25) is 4.79 Å². The first-order valence-electron chi connectivity index (χ1n) is 7.34. The van der Waals surface area contributed by atoms with Crippen molar-refractivity contribution in [1.29, 1.82) is 0 Å². The molecule has 1 N–H and O–H groups in total. The first-order valence-corrected chi connectivity index (χ1v) is 7.72. The molecule has 0 fully saturated rings. The monoisotopic (exact) mass is 317 g/mol. The largest absolute Gasteiger partial charge is 0.493 e. The minimum Gasteiger partial charge on any atom is -0.493 e. The van der Waals surface area contributed by atoms with Crippen LogP contribution in [0.1, 0.15) is 17.5 Å². The predicted molar refractivity (Wildman–Crippen MR) is 89.5 cm³/mol. The Kier molecular flexibility index (Phi) is 6.28.